The molecule has 0 aliphatic rings. The molecule has 0 bridgehead atoms. The highest BCUT2D eigenvalue weighted by molar-refractivity contribution is 6.29. The number of hydrogen-bond donors (Lipinski definition) is 0. The van der Waals surface area contributed by atoms with Gasteiger partial charge in [0.15, 0.2) is 5.22 Å². The van der Waals surface area contributed by atoms with Crippen LogP contribution in [0.5, 0.6) is 0 Å². The number of esters is 1. The largest absolute Gasteiger partial charge is 0.459 e. The van der Waals surface area contributed by atoms with Gasteiger partial charge in [-0.15, -0.1) is 0 Å². The first-order valence-corrected chi connectivity index (χ1v) is 3.92. The molecular formula is C8H9ClO3. The van der Waals surface area contributed by atoms with Crippen molar-refractivity contribution in [3.05, 3.63) is 23.1 Å². The maximum absolute atomic E-state index is 11.1. The third-order valence-corrected chi connectivity index (χ3v) is 1.34. The van der Waals surface area contributed by atoms with Gasteiger partial charge < -0.3 is 9.15 Å². The van der Waals surface area contributed by atoms with Crippen LogP contribution in [0.3, 0.4) is 0 Å². The molecule has 0 spiro atoms. The summed E-state index contributed by atoms with van der Waals surface area (Å²) < 4.78 is 9.62. The summed E-state index contributed by atoms with van der Waals surface area (Å²) in [6.07, 6.45) is 1.14. The standard InChI is InChI=1S/C8H9ClO3/c1-5(2)12-8(10)6-3-7(9)11-4-6/h3-5H,1-2H3. The van der Waals surface area contributed by atoms with Crippen molar-refractivity contribution in [2.24, 2.45) is 0 Å². The molecule has 66 valence electrons. The number of rotatable bonds is 2. The Kier molecular flexibility index (Phi) is 2.76. The molecule has 4 heteroatoms. The summed E-state index contributed by atoms with van der Waals surface area (Å²) in [5.41, 5.74) is 0.341. The highest BCUT2D eigenvalue weighted by atomic mass is 35.5. The topological polar surface area (TPSA) is 39.4 Å². The lowest BCUT2D eigenvalue weighted by Gasteiger charge is -2.04. The maximum atomic E-state index is 11.1. The first-order valence-electron chi connectivity index (χ1n) is 3.54. The van der Waals surface area contributed by atoms with Crippen LogP contribution in [0.25, 0.3) is 0 Å². The molecular weight excluding hydrogens is 180 g/mol. The van der Waals surface area contributed by atoms with Gasteiger partial charge in [-0.25, -0.2) is 4.79 Å². The Hall–Kier alpha value is -0.960. The smallest absolute Gasteiger partial charge is 0.341 e. The van der Waals surface area contributed by atoms with E-state index in [0.717, 1.165) is 0 Å². The van der Waals surface area contributed by atoms with E-state index < -0.39 is 5.97 Å². The van der Waals surface area contributed by atoms with Crippen molar-refractivity contribution in [3.8, 4) is 0 Å². The zero-order valence-corrected chi connectivity index (χ0v) is 7.59. The number of hydrogen-bond acceptors (Lipinski definition) is 3. The van der Waals surface area contributed by atoms with E-state index in [1.54, 1.807) is 13.8 Å². The van der Waals surface area contributed by atoms with Crippen molar-refractivity contribution < 1.29 is 13.9 Å². The van der Waals surface area contributed by atoms with Crippen molar-refractivity contribution in [1.82, 2.24) is 0 Å². The van der Waals surface area contributed by atoms with Crippen molar-refractivity contribution in [3.63, 3.8) is 0 Å². The zero-order valence-electron chi connectivity index (χ0n) is 6.83. The van der Waals surface area contributed by atoms with Crippen molar-refractivity contribution in [2.45, 2.75) is 20.0 Å². The van der Waals surface area contributed by atoms with Crippen LogP contribution in [-0.2, 0) is 4.74 Å². The minimum absolute atomic E-state index is 0.133. The van der Waals surface area contributed by atoms with E-state index in [4.69, 9.17) is 20.8 Å². The molecule has 0 aliphatic heterocycles. The van der Waals surface area contributed by atoms with Crippen LogP contribution >= 0.6 is 11.6 Å². The summed E-state index contributed by atoms with van der Waals surface area (Å²) in [5.74, 6) is -0.416. The predicted octanol–water partition coefficient (Wildman–Crippen LogP) is 2.50. The van der Waals surface area contributed by atoms with Gasteiger partial charge in [-0.2, -0.15) is 0 Å². The summed E-state index contributed by atoms with van der Waals surface area (Å²) >= 11 is 5.47. The molecule has 0 unspecified atom stereocenters. The predicted molar refractivity (Wildman–Crippen MR) is 44.3 cm³/mol. The fourth-order valence-corrected chi connectivity index (χ4v) is 0.861. The molecule has 1 aromatic heterocycles. The van der Waals surface area contributed by atoms with Gasteiger partial charge in [0, 0.05) is 6.07 Å². The normalized spacial score (nSPS) is 10.3. The second-order valence-corrected chi connectivity index (χ2v) is 2.97. The summed E-state index contributed by atoms with van der Waals surface area (Å²) in [6, 6.07) is 1.42. The van der Waals surface area contributed by atoms with Crippen molar-refractivity contribution >= 4 is 17.6 Å². The fraction of sp³-hybridized carbons (Fsp3) is 0.375. The zero-order chi connectivity index (χ0) is 9.14. The van der Waals surface area contributed by atoms with E-state index in [-0.39, 0.29) is 11.3 Å². The number of halogens is 1. The van der Waals surface area contributed by atoms with E-state index in [1.807, 2.05) is 0 Å². The molecule has 0 fully saturated rings. The molecule has 1 aromatic rings. The van der Waals surface area contributed by atoms with Crippen LogP contribution in [0.1, 0.15) is 24.2 Å². The summed E-state index contributed by atoms with van der Waals surface area (Å²) in [5, 5.41) is 0.186. The maximum Gasteiger partial charge on any atom is 0.341 e. The van der Waals surface area contributed by atoms with Crippen LogP contribution in [0.4, 0.5) is 0 Å². The van der Waals surface area contributed by atoms with Gasteiger partial charge in [-0.3, -0.25) is 0 Å². The lowest BCUT2D eigenvalue weighted by molar-refractivity contribution is 0.0377. The summed E-state index contributed by atoms with van der Waals surface area (Å²) in [4.78, 5) is 11.1. The SMILES string of the molecule is CC(C)OC(=O)c1coc(Cl)c1. The van der Waals surface area contributed by atoms with Crippen molar-refractivity contribution in [1.29, 1.82) is 0 Å². The molecule has 0 saturated carbocycles. The Balaban J connectivity index is 2.65. The Morgan fingerprint density at radius 3 is 2.75 bits per heavy atom. The lowest BCUT2D eigenvalue weighted by Crippen LogP contribution is -2.10. The Labute approximate surface area is 75.3 Å². The molecule has 0 amide bonds. The molecule has 3 nitrogen and oxygen atoms in total. The van der Waals surface area contributed by atoms with Gasteiger partial charge in [0.1, 0.15) is 6.26 Å². The second-order valence-electron chi connectivity index (χ2n) is 2.59. The monoisotopic (exact) mass is 188 g/mol. The van der Waals surface area contributed by atoms with E-state index in [2.05, 4.69) is 0 Å². The summed E-state index contributed by atoms with van der Waals surface area (Å²) in [6.45, 7) is 3.55. The molecule has 12 heavy (non-hydrogen) atoms. The van der Waals surface area contributed by atoms with E-state index in [0.29, 0.717) is 5.56 Å². The highest BCUT2D eigenvalue weighted by Gasteiger charge is 2.11. The van der Waals surface area contributed by atoms with Crippen LogP contribution < -0.4 is 0 Å². The van der Waals surface area contributed by atoms with Gasteiger partial charge in [0.2, 0.25) is 0 Å². The number of ether oxygens (including phenoxy) is 1. The van der Waals surface area contributed by atoms with E-state index >= 15 is 0 Å². The number of carbonyl (C=O) groups is 1. The molecule has 0 N–H and O–H groups in total. The van der Waals surface area contributed by atoms with Crippen LogP contribution in [-0.4, -0.2) is 12.1 Å². The molecule has 1 heterocycles. The van der Waals surface area contributed by atoms with Crippen LogP contribution in [0.2, 0.25) is 5.22 Å². The minimum Gasteiger partial charge on any atom is -0.459 e. The third-order valence-electron chi connectivity index (χ3n) is 1.15. The van der Waals surface area contributed by atoms with Crippen molar-refractivity contribution in [2.75, 3.05) is 0 Å². The van der Waals surface area contributed by atoms with Gasteiger partial charge in [-0.05, 0) is 25.4 Å². The Morgan fingerprint density at radius 2 is 2.33 bits per heavy atom. The molecule has 0 aliphatic carbocycles. The molecule has 0 aromatic carbocycles. The average Bonchev–Trinajstić information content (AvgIpc) is 2.34. The van der Waals surface area contributed by atoms with Gasteiger partial charge in [-0.1, -0.05) is 0 Å². The van der Waals surface area contributed by atoms with Gasteiger partial charge in [0.25, 0.3) is 0 Å². The lowest BCUT2D eigenvalue weighted by atomic mass is 10.3. The minimum atomic E-state index is -0.416. The van der Waals surface area contributed by atoms with E-state index in [9.17, 15) is 4.79 Å². The molecule has 0 atom stereocenters. The number of carbonyl (C=O) groups excluding carboxylic acids is 1. The second kappa shape index (κ2) is 3.63. The number of furan rings is 1. The molecule has 0 radical (unpaired) electrons. The first-order chi connectivity index (χ1) is 5.59. The van der Waals surface area contributed by atoms with E-state index in [1.165, 1.54) is 12.3 Å². The molecule has 0 saturated heterocycles. The highest BCUT2D eigenvalue weighted by Crippen LogP contribution is 2.14. The summed E-state index contributed by atoms with van der Waals surface area (Å²) in [7, 11) is 0. The average molecular weight is 189 g/mol. The molecule has 1 rings (SSSR count). The van der Waals surface area contributed by atoms with Gasteiger partial charge in [0.05, 0.1) is 11.7 Å². The Bertz CT molecular complexity index is 278. The van der Waals surface area contributed by atoms with Crippen LogP contribution in [0, 0.1) is 0 Å². The first kappa shape index (κ1) is 9.13. The third kappa shape index (κ3) is 2.27. The quantitative estimate of drug-likeness (QED) is 0.670. The van der Waals surface area contributed by atoms with Crippen LogP contribution in [0.15, 0.2) is 16.7 Å². The Morgan fingerprint density at radius 1 is 1.67 bits per heavy atom. The fourth-order valence-electron chi connectivity index (χ4n) is 0.699. The van der Waals surface area contributed by atoms with Gasteiger partial charge >= 0.3 is 5.97 Å².